The number of carbonyl (C=O) groups is 3. The van der Waals surface area contributed by atoms with Gasteiger partial charge >= 0.3 is 0 Å². The summed E-state index contributed by atoms with van der Waals surface area (Å²) in [6, 6.07) is 20.0. The zero-order chi connectivity index (χ0) is 39.8. The van der Waals surface area contributed by atoms with Gasteiger partial charge in [0.05, 0.1) is 26.4 Å². The molecule has 0 radical (unpaired) electrons. The Kier molecular flexibility index (Phi) is 12.1. The number of imide groups is 1. The van der Waals surface area contributed by atoms with E-state index >= 15 is 0 Å². The molecule has 2 bridgehead atoms. The van der Waals surface area contributed by atoms with Crippen molar-refractivity contribution in [1.82, 2.24) is 15.3 Å². The van der Waals surface area contributed by atoms with Crippen molar-refractivity contribution >= 4 is 23.4 Å². The number of para-hydroxylation sites is 1. The molecule has 1 saturated heterocycles. The molecule has 3 saturated carbocycles. The minimum Gasteiger partial charge on any atom is -0.496 e. The zero-order valence-electron chi connectivity index (χ0n) is 33.5. The molecular weight excluding hydrogens is 697 g/mol. The molecule has 0 spiro atoms. The van der Waals surface area contributed by atoms with Gasteiger partial charge in [-0.3, -0.25) is 24.1 Å². The molecule has 1 heterocycles. The van der Waals surface area contributed by atoms with Gasteiger partial charge in [0.1, 0.15) is 17.9 Å². The van der Waals surface area contributed by atoms with Crippen LogP contribution < -0.4 is 15.0 Å². The Morgan fingerprint density at radius 3 is 2.38 bits per heavy atom. The number of aliphatic hydroxyl groups excluding tert-OH is 2. The lowest BCUT2D eigenvalue weighted by Gasteiger charge is -2.62. The molecule has 4 fully saturated rings. The molecule has 3 N–H and O–H groups in total. The van der Waals surface area contributed by atoms with Gasteiger partial charge in [0.2, 0.25) is 11.8 Å². The van der Waals surface area contributed by atoms with Crippen LogP contribution >= 0.6 is 0 Å². The predicted octanol–water partition coefficient (Wildman–Crippen LogP) is 5.32. The van der Waals surface area contributed by atoms with Crippen LogP contribution in [-0.2, 0) is 27.4 Å². The van der Waals surface area contributed by atoms with E-state index in [1.807, 2.05) is 73.6 Å². The van der Waals surface area contributed by atoms with Crippen LogP contribution in [-0.4, -0.2) is 97.0 Å². The van der Waals surface area contributed by atoms with Crippen LogP contribution in [0.2, 0.25) is 0 Å². The third kappa shape index (κ3) is 8.03. The van der Waals surface area contributed by atoms with Crippen molar-refractivity contribution in [3.8, 4) is 16.9 Å². The monoisotopic (exact) mass is 754 g/mol. The normalized spacial score (nSPS) is 26.1. The van der Waals surface area contributed by atoms with Gasteiger partial charge < -0.3 is 25.2 Å². The number of aliphatic hydroxyl groups is 2. The fraction of sp³-hybridized carbons (Fsp3) is 0.523. The van der Waals surface area contributed by atoms with Gasteiger partial charge in [-0.25, -0.2) is 0 Å². The smallest absolute Gasteiger partial charge is 0.260 e. The molecule has 3 amide bonds. The first kappa shape index (κ1) is 40.4. The molecule has 8 atom stereocenters. The quantitative estimate of drug-likeness (QED) is 0.212. The first-order valence-electron chi connectivity index (χ1n) is 19.5. The number of ether oxygens (including phenoxy) is 1. The molecule has 55 heavy (non-hydrogen) atoms. The van der Waals surface area contributed by atoms with E-state index in [2.05, 4.69) is 26.1 Å². The number of nitrogens with zero attached hydrogens (tertiary/aromatic N) is 3. The largest absolute Gasteiger partial charge is 0.496 e. The summed E-state index contributed by atoms with van der Waals surface area (Å²) in [6.45, 7) is 8.28. The number of fused-ring (bicyclic) bond motifs is 2. The van der Waals surface area contributed by atoms with E-state index in [1.54, 1.807) is 31.2 Å². The predicted molar refractivity (Wildman–Crippen MR) is 212 cm³/mol. The fourth-order valence-electron chi connectivity index (χ4n) is 9.35. The minimum atomic E-state index is -0.921. The fourth-order valence-corrected chi connectivity index (χ4v) is 9.35. The third-order valence-corrected chi connectivity index (χ3v) is 12.8. The number of hydrogen-bond donors (Lipinski definition) is 3. The topological polar surface area (TPSA) is 132 Å². The summed E-state index contributed by atoms with van der Waals surface area (Å²) in [7, 11) is 6.87. The second kappa shape index (κ2) is 16.4. The minimum absolute atomic E-state index is 0.0193. The maximum Gasteiger partial charge on any atom is 0.260 e. The number of carbonyl (C=O) groups excluding carboxylic acids is 3. The molecule has 1 aliphatic heterocycles. The standard InChI is InChI=1S/C44H58N4O7/c1-26-35-22-32(44(35,3)4)23-36(26)45-42(52)40-39(27(2)50)37(25-49)55-48(40)24-29-15-12-16-34(41(29)54-8)30-19-31(21-33(20-30)46(5)6)43(53)47(7)38(51)18-17-28-13-10-9-11-14-28/h9-16,19-21,26-27,32,35-37,39-40,49-50H,17-18,22-25H2,1-8H3,(H,45,52)/t26-,27-,32?,35-,36-,37-,39+,40-/m0/s1. The first-order chi connectivity index (χ1) is 26.2. The van der Waals surface area contributed by atoms with Crippen LogP contribution in [0, 0.1) is 29.1 Å². The number of nitrogens with one attached hydrogen (secondary N) is 1. The van der Waals surface area contributed by atoms with Crippen molar-refractivity contribution in [3.63, 3.8) is 0 Å². The number of benzene rings is 3. The second-order valence-electron chi connectivity index (χ2n) is 16.6. The highest BCUT2D eigenvalue weighted by Crippen LogP contribution is 2.61. The maximum atomic E-state index is 14.3. The van der Waals surface area contributed by atoms with E-state index in [4.69, 9.17) is 9.57 Å². The molecule has 296 valence electrons. The Morgan fingerprint density at radius 1 is 1.04 bits per heavy atom. The van der Waals surface area contributed by atoms with Crippen molar-refractivity contribution in [2.24, 2.45) is 29.1 Å². The lowest BCUT2D eigenvalue weighted by molar-refractivity contribution is -0.183. The van der Waals surface area contributed by atoms with E-state index in [9.17, 15) is 24.6 Å². The average molecular weight is 755 g/mol. The number of rotatable bonds is 13. The Labute approximate surface area is 325 Å². The Hall–Kier alpha value is -4.29. The van der Waals surface area contributed by atoms with Crippen molar-refractivity contribution in [2.75, 3.05) is 39.8 Å². The highest BCUT2D eigenvalue weighted by atomic mass is 16.7. The number of amides is 3. The van der Waals surface area contributed by atoms with Crippen molar-refractivity contribution in [3.05, 3.63) is 83.4 Å². The van der Waals surface area contributed by atoms with Gasteiger partial charge in [0.25, 0.3) is 5.91 Å². The van der Waals surface area contributed by atoms with Crippen molar-refractivity contribution in [1.29, 1.82) is 0 Å². The van der Waals surface area contributed by atoms with Gasteiger partial charge in [-0.05, 0) is 78.7 Å². The Morgan fingerprint density at radius 2 is 1.76 bits per heavy atom. The molecule has 1 unspecified atom stereocenters. The van der Waals surface area contributed by atoms with Gasteiger partial charge in [-0.15, -0.1) is 0 Å². The van der Waals surface area contributed by atoms with E-state index in [1.165, 1.54) is 18.4 Å². The van der Waals surface area contributed by atoms with Crippen molar-refractivity contribution in [2.45, 2.75) is 84.2 Å². The summed E-state index contributed by atoms with van der Waals surface area (Å²) in [5.41, 5.74) is 4.54. The highest BCUT2D eigenvalue weighted by Gasteiger charge is 2.57. The number of anilines is 1. The summed E-state index contributed by atoms with van der Waals surface area (Å²) in [5, 5.41) is 26.2. The second-order valence-corrected chi connectivity index (χ2v) is 16.6. The first-order valence-corrected chi connectivity index (χ1v) is 19.5. The number of hydroxylamine groups is 2. The molecule has 7 rings (SSSR count). The number of hydrogen-bond acceptors (Lipinski definition) is 9. The van der Waals surface area contributed by atoms with Crippen LogP contribution in [0.5, 0.6) is 5.75 Å². The van der Waals surface area contributed by atoms with E-state index in [-0.39, 0.29) is 42.8 Å². The van der Waals surface area contributed by atoms with Gasteiger partial charge in [0, 0.05) is 61.9 Å². The van der Waals surface area contributed by atoms with Gasteiger partial charge in [0.15, 0.2) is 0 Å². The summed E-state index contributed by atoms with van der Waals surface area (Å²) >= 11 is 0. The van der Waals surface area contributed by atoms with E-state index in [0.29, 0.717) is 52.2 Å². The average Bonchev–Trinajstić information content (AvgIpc) is 3.55. The maximum absolute atomic E-state index is 14.3. The molecule has 11 heteroatoms. The summed E-state index contributed by atoms with van der Waals surface area (Å²) in [4.78, 5) is 50.6. The van der Waals surface area contributed by atoms with Crippen LogP contribution in [0.25, 0.3) is 11.1 Å². The van der Waals surface area contributed by atoms with Crippen LogP contribution in [0.4, 0.5) is 5.69 Å². The lowest BCUT2D eigenvalue weighted by atomic mass is 9.45. The van der Waals surface area contributed by atoms with E-state index in [0.717, 1.165) is 17.7 Å². The summed E-state index contributed by atoms with van der Waals surface area (Å²) < 4.78 is 6.05. The molecular formula is C44H58N4O7. The van der Waals surface area contributed by atoms with Gasteiger partial charge in [-0.2, -0.15) is 5.06 Å². The molecule has 4 aliphatic rings. The third-order valence-electron chi connectivity index (χ3n) is 12.8. The molecule has 0 aromatic heterocycles. The SMILES string of the molecule is COc1c(CN2O[C@@H](CO)[C@@H]([C@H](C)O)[C@H]2C(=O)N[C@H]2CC3C[C@@H]([C@@H]2C)C3(C)C)cccc1-c1cc(C(=O)N(C)C(=O)CCc2ccccc2)cc(N(C)C)c1. The summed E-state index contributed by atoms with van der Waals surface area (Å²) in [5.74, 6) is 0.364. The van der Waals surface area contributed by atoms with Crippen LogP contribution in [0.15, 0.2) is 66.7 Å². The van der Waals surface area contributed by atoms with Crippen LogP contribution in [0.1, 0.15) is 68.4 Å². The van der Waals surface area contributed by atoms with E-state index < -0.39 is 30.1 Å². The summed E-state index contributed by atoms with van der Waals surface area (Å²) in [6.07, 6.45) is 1.13. The number of methoxy groups -OCH3 is 1. The zero-order valence-corrected chi connectivity index (χ0v) is 33.5. The molecule has 3 aliphatic carbocycles. The van der Waals surface area contributed by atoms with Crippen molar-refractivity contribution < 1.29 is 34.2 Å². The Balaban J connectivity index is 1.27. The Bertz CT molecular complexity index is 1860. The highest BCUT2D eigenvalue weighted by molar-refractivity contribution is 6.05. The molecule has 3 aromatic carbocycles. The van der Waals surface area contributed by atoms with Crippen LogP contribution in [0.3, 0.4) is 0 Å². The molecule has 3 aromatic rings. The number of aryl methyl sites for hydroxylation is 1. The lowest BCUT2D eigenvalue weighted by Crippen LogP contribution is -2.62. The van der Waals surface area contributed by atoms with Gasteiger partial charge in [-0.1, -0.05) is 69.3 Å². The molecule has 11 nitrogen and oxygen atoms in total.